The topological polar surface area (TPSA) is 98.3 Å². The Hall–Kier alpha value is -3.78. The highest BCUT2D eigenvalue weighted by Crippen LogP contribution is 2.30. The van der Waals surface area contributed by atoms with E-state index in [0.717, 1.165) is 21.8 Å². The Morgan fingerprint density at radius 2 is 1.75 bits per heavy atom. The number of nitrogens with one attached hydrogen (secondary N) is 1. The van der Waals surface area contributed by atoms with Crippen LogP contribution < -0.4 is 5.32 Å². The largest absolute Gasteiger partial charge is 0.459 e. The van der Waals surface area contributed by atoms with Crippen LogP contribution in [0.4, 0.5) is 11.4 Å². The van der Waals surface area contributed by atoms with Gasteiger partial charge in [0.05, 0.1) is 16.9 Å². The molecule has 0 spiro atoms. The number of hydrogen-bond donors (Lipinski definition) is 1. The first-order valence-electron chi connectivity index (χ1n) is 8.26. The number of anilines is 1. The number of benzene rings is 2. The van der Waals surface area contributed by atoms with Gasteiger partial charge in [-0.1, -0.05) is 0 Å². The maximum atomic E-state index is 12.0. The van der Waals surface area contributed by atoms with Crippen LogP contribution in [0.3, 0.4) is 0 Å². The number of nitro benzene ring substituents is 1. The van der Waals surface area contributed by atoms with Gasteiger partial charge >= 0.3 is 0 Å². The monoisotopic (exact) mass is 391 g/mol. The van der Waals surface area contributed by atoms with Gasteiger partial charge in [-0.25, -0.2) is 4.98 Å². The van der Waals surface area contributed by atoms with Gasteiger partial charge in [0.15, 0.2) is 5.76 Å². The molecule has 1 amide bonds. The van der Waals surface area contributed by atoms with Gasteiger partial charge in [0.2, 0.25) is 0 Å². The third-order valence-electron chi connectivity index (χ3n) is 4.01. The lowest BCUT2D eigenvalue weighted by molar-refractivity contribution is -0.384. The zero-order valence-electron chi connectivity index (χ0n) is 14.4. The standard InChI is InChI=1S/C20H13N3O4S/c24-19(18-2-1-11-27-18)21-15-7-3-14(4-8-15)20-22-17(12-28-20)13-5-9-16(10-6-13)23(25)26/h1-12H,(H,21,24). The van der Waals surface area contributed by atoms with E-state index in [0.29, 0.717) is 5.69 Å². The Morgan fingerprint density at radius 3 is 2.39 bits per heavy atom. The zero-order chi connectivity index (χ0) is 19.5. The van der Waals surface area contributed by atoms with Gasteiger partial charge in [-0.15, -0.1) is 11.3 Å². The van der Waals surface area contributed by atoms with Gasteiger partial charge < -0.3 is 9.73 Å². The van der Waals surface area contributed by atoms with Crippen molar-refractivity contribution in [2.75, 3.05) is 5.32 Å². The SMILES string of the molecule is O=C(Nc1ccc(-c2nc(-c3ccc([N+](=O)[O-])cc3)cs2)cc1)c1ccco1. The highest BCUT2D eigenvalue weighted by Gasteiger charge is 2.11. The molecule has 0 saturated heterocycles. The first-order valence-corrected chi connectivity index (χ1v) is 9.14. The van der Waals surface area contributed by atoms with E-state index in [9.17, 15) is 14.9 Å². The predicted octanol–water partition coefficient (Wildman–Crippen LogP) is 5.23. The molecule has 8 heteroatoms. The Kier molecular flexibility index (Phi) is 4.69. The van der Waals surface area contributed by atoms with E-state index in [-0.39, 0.29) is 17.4 Å². The number of non-ortho nitro benzene ring substituents is 1. The second kappa shape index (κ2) is 7.45. The fourth-order valence-electron chi connectivity index (χ4n) is 2.59. The molecule has 0 unspecified atom stereocenters. The average molecular weight is 391 g/mol. The Bertz CT molecular complexity index is 1120. The lowest BCUT2D eigenvalue weighted by Gasteiger charge is -2.04. The normalized spacial score (nSPS) is 10.6. The fraction of sp³-hybridized carbons (Fsp3) is 0. The molecule has 2 aromatic heterocycles. The van der Waals surface area contributed by atoms with Crippen LogP contribution in [0.1, 0.15) is 10.6 Å². The maximum absolute atomic E-state index is 12.0. The van der Waals surface area contributed by atoms with E-state index in [4.69, 9.17) is 4.42 Å². The van der Waals surface area contributed by atoms with E-state index in [1.54, 1.807) is 36.4 Å². The van der Waals surface area contributed by atoms with Crippen LogP contribution in [0.5, 0.6) is 0 Å². The number of thiazole rings is 1. The average Bonchev–Trinajstić information content (AvgIpc) is 3.41. The summed E-state index contributed by atoms with van der Waals surface area (Å²) < 4.78 is 5.07. The highest BCUT2D eigenvalue weighted by molar-refractivity contribution is 7.13. The fourth-order valence-corrected chi connectivity index (χ4v) is 3.42. The lowest BCUT2D eigenvalue weighted by Crippen LogP contribution is -2.10. The number of amides is 1. The molecule has 0 bridgehead atoms. The first kappa shape index (κ1) is 17.6. The predicted molar refractivity (Wildman–Crippen MR) is 106 cm³/mol. The Balaban J connectivity index is 1.49. The molecular weight excluding hydrogens is 378 g/mol. The van der Waals surface area contributed by atoms with Crippen molar-refractivity contribution in [2.24, 2.45) is 0 Å². The number of furan rings is 1. The van der Waals surface area contributed by atoms with Crippen LogP contribution in [-0.2, 0) is 0 Å². The van der Waals surface area contributed by atoms with Crippen LogP contribution >= 0.6 is 11.3 Å². The third-order valence-corrected chi connectivity index (χ3v) is 4.90. The van der Waals surface area contributed by atoms with E-state index in [1.807, 2.05) is 17.5 Å². The van der Waals surface area contributed by atoms with Gasteiger partial charge in [0.25, 0.3) is 11.6 Å². The second-order valence-corrected chi connectivity index (χ2v) is 6.71. The van der Waals surface area contributed by atoms with Crippen molar-refractivity contribution >= 4 is 28.6 Å². The van der Waals surface area contributed by atoms with E-state index in [2.05, 4.69) is 10.3 Å². The van der Waals surface area contributed by atoms with Crippen molar-refractivity contribution < 1.29 is 14.1 Å². The van der Waals surface area contributed by atoms with Crippen molar-refractivity contribution in [1.29, 1.82) is 0 Å². The maximum Gasteiger partial charge on any atom is 0.291 e. The van der Waals surface area contributed by atoms with Crippen LogP contribution in [0.25, 0.3) is 21.8 Å². The Labute approximate surface area is 163 Å². The summed E-state index contributed by atoms with van der Waals surface area (Å²) in [7, 11) is 0. The number of nitrogens with zero attached hydrogens (tertiary/aromatic N) is 2. The molecule has 28 heavy (non-hydrogen) atoms. The summed E-state index contributed by atoms with van der Waals surface area (Å²) in [6.07, 6.45) is 1.45. The van der Waals surface area contributed by atoms with E-state index in [1.165, 1.54) is 29.7 Å². The van der Waals surface area contributed by atoms with Crippen molar-refractivity contribution in [3.63, 3.8) is 0 Å². The van der Waals surface area contributed by atoms with Gasteiger partial charge in [0.1, 0.15) is 5.01 Å². The smallest absolute Gasteiger partial charge is 0.291 e. The molecule has 1 N–H and O–H groups in total. The van der Waals surface area contributed by atoms with Crippen molar-refractivity contribution in [3.8, 4) is 21.8 Å². The molecule has 0 fully saturated rings. The van der Waals surface area contributed by atoms with E-state index < -0.39 is 4.92 Å². The third kappa shape index (κ3) is 3.67. The molecule has 4 aromatic rings. The molecule has 0 aliphatic heterocycles. The molecule has 138 valence electrons. The number of rotatable bonds is 5. The molecule has 0 radical (unpaired) electrons. The summed E-state index contributed by atoms with van der Waals surface area (Å²) in [6.45, 7) is 0. The van der Waals surface area contributed by atoms with Crippen molar-refractivity contribution in [2.45, 2.75) is 0 Å². The molecule has 2 heterocycles. The summed E-state index contributed by atoms with van der Waals surface area (Å²) in [4.78, 5) is 26.9. The van der Waals surface area contributed by atoms with Gasteiger partial charge in [-0.3, -0.25) is 14.9 Å². The van der Waals surface area contributed by atoms with E-state index >= 15 is 0 Å². The summed E-state index contributed by atoms with van der Waals surface area (Å²) in [5, 5.41) is 16.2. The molecule has 0 aliphatic rings. The minimum atomic E-state index is -0.428. The molecule has 0 saturated carbocycles. The van der Waals surface area contributed by atoms with Crippen LogP contribution in [-0.4, -0.2) is 15.8 Å². The van der Waals surface area contributed by atoms with Crippen LogP contribution in [0, 0.1) is 10.1 Å². The zero-order valence-corrected chi connectivity index (χ0v) is 15.2. The Morgan fingerprint density at radius 1 is 1.04 bits per heavy atom. The van der Waals surface area contributed by atoms with Gasteiger partial charge in [-0.2, -0.15) is 0 Å². The quantitative estimate of drug-likeness (QED) is 0.371. The first-order chi connectivity index (χ1) is 13.6. The number of carbonyl (C=O) groups is 1. The minimum Gasteiger partial charge on any atom is -0.459 e. The molecule has 7 nitrogen and oxygen atoms in total. The van der Waals surface area contributed by atoms with Crippen molar-refractivity contribution in [3.05, 3.63) is 88.2 Å². The van der Waals surface area contributed by atoms with Gasteiger partial charge in [-0.05, 0) is 48.5 Å². The summed E-state index contributed by atoms with van der Waals surface area (Å²) in [6, 6.07) is 16.9. The van der Waals surface area contributed by atoms with Crippen LogP contribution in [0.2, 0.25) is 0 Å². The molecule has 0 aliphatic carbocycles. The van der Waals surface area contributed by atoms with Gasteiger partial charge in [0, 0.05) is 34.3 Å². The van der Waals surface area contributed by atoms with Crippen LogP contribution in [0.15, 0.2) is 76.7 Å². The number of aromatic nitrogens is 1. The second-order valence-electron chi connectivity index (χ2n) is 5.85. The summed E-state index contributed by atoms with van der Waals surface area (Å²) in [5.74, 6) is -0.0656. The minimum absolute atomic E-state index is 0.0476. The highest BCUT2D eigenvalue weighted by atomic mass is 32.1. The molecular formula is C20H13N3O4S. The lowest BCUT2D eigenvalue weighted by atomic mass is 10.1. The summed E-state index contributed by atoms with van der Waals surface area (Å²) in [5.41, 5.74) is 3.18. The number of carbonyl (C=O) groups excluding carboxylic acids is 1. The van der Waals surface area contributed by atoms with Crippen molar-refractivity contribution in [1.82, 2.24) is 4.98 Å². The number of nitro groups is 1. The molecule has 4 rings (SSSR count). The number of hydrogen-bond acceptors (Lipinski definition) is 6. The molecule has 2 aromatic carbocycles. The molecule has 0 atom stereocenters. The summed E-state index contributed by atoms with van der Waals surface area (Å²) >= 11 is 1.48.